The lowest BCUT2D eigenvalue weighted by Gasteiger charge is -2.11. The predicted molar refractivity (Wildman–Crippen MR) is 69.1 cm³/mol. The molecule has 1 unspecified atom stereocenters. The minimum Gasteiger partial charge on any atom is -0.348 e. The topological polar surface area (TPSA) is 68.0 Å². The summed E-state index contributed by atoms with van der Waals surface area (Å²) in [4.78, 5) is 16.2. The van der Waals surface area contributed by atoms with Gasteiger partial charge in [0.15, 0.2) is 0 Å². The molecule has 1 heterocycles. The zero-order valence-electron chi connectivity index (χ0n) is 10.1. The first-order valence-electron chi connectivity index (χ1n) is 6.14. The fraction of sp³-hybridized carbons (Fsp3) is 0.667. The van der Waals surface area contributed by atoms with E-state index >= 15 is 0 Å². The van der Waals surface area contributed by atoms with Crippen LogP contribution in [0, 0.1) is 5.92 Å². The third kappa shape index (κ3) is 3.78. The van der Waals surface area contributed by atoms with Gasteiger partial charge >= 0.3 is 0 Å². The van der Waals surface area contributed by atoms with Gasteiger partial charge in [-0.15, -0.1) is 11.3 Å². The van der Waals surface area contributed by atoms with E-state index in [1.54, 1.807) is 0 Å². The fourth-order valence-electron chi connectivity index (χ4n) is 1.86. The minimum atomic E-state index is -0.0577. The Bertz CT molecular complexity index is 387. The number of hydrogen-bond acceptors (Lipinski definition) is 4. The van der Waals surface area contributed by atoms with Crippen LogP contribution in [0.1, 0.15) is 41.7 Å². The van der Waals surface area contributed by atoms with E-state index in [-0.39, 0.29) is 11.9 Å². The molecule has 17 heavy (non-hydrogen) atoms. The van der Waals surface area contributed by atoms with Crippen LogP contribution < -0.4 is 11.1 Å². The van der Waals surface area contributed by atoms with Crippen molar-refractivity contribution in [3.05, 3.63) is 16.1 Å². The zero-order valence-corrected chi connectivity index (χ0v) is 10.9. The van der Waals surface area contributed by atoms with Gasteiger partial charge in [-0.3, -0.25) is 4.79 Å². The van der Waals surface area contributed by atoms with Crippen LogP contribution in [0.25, 0.3) is 0 Å². The number of thiazole rings is 1. The molecule has 4 nitrogen and oxygen atoms in total. The number of nitrogens with zero attached hydrogens (tertiary/aromatic N) is 1. The van der Waals surface area contributed by atoms with Crippen LogP contribution in [0.2, 0.25) is 0 Å². The largest absolute Gasteiger partial charge is 0.348 e. The number of rotatable bonds is 6. The first-order chi connectivity index (χ1) is 8.19. The molecule has 0 saturated heterocycles. The second-order valence-electron chi connectivity index (χ2n) is 4.72. The normalized spacial score (nSPS) is 16.8. The molecular formula is C12H19N3OS. The van der Waals surface area contributed by atoms with E-state index in [1.807, 2.05) is 5.38 Å². The SMILES string of the molecule is CC(CC1CC1)NC(=O)c1csc(CCN)n1. The molecule has 1 aromatic heterocycles. The van der Waals surface area contributed by atoms with Gasteiger partial charge in [0.1, 0.15) is 5.69 Å². The molecule has 0 spiro atoms. The first-order valence-corrected chi connectivity index (χ1v) is 7.02. The van der Waals surface area contributed by atoms with Crippen LogP contribution in [0.4, 0.5) is 0 Å². The van der Waals surface area contributed by atoms with E-state index in [9.17, 15) is 4.79 Å². The van der Waals surface area contributed by atoms with Gasteiger partial charge in [0.2, 0.25) is 0 Å². The summed E-state index contributed by atoms with van der Waals surface area (Å²) in [7, 11) is 0. The second kappa shape index (κ2) is 5.60. The highest BCUT2D eigenvalue weighted by atomic mass is 32.1. The van der Waals surface area contributed by atoms with Crippen molar-refractivity contribution in [2.75, 3.05) is 6.54 Å². The minimum absolute atomic E-state index is 0.0577. The molecule has 1 aromatic rings. The molecule has 1 fully saturated rings. The summed E-state index contributed by atoms with van der Waals surface area (Å²) < 4.78 is 0. The Hall–Kier alpha value is -0.940. The Kier molecular flexibility index (Phi) is 4.12. The number of aromatic nitrogens is 1. The maximum atomic E-state index is 11.9. The highest BCUT2D eigenvalue weighted by Gasteiger charge is 2.24. The molecular weight excluding hydrogens is 234 g/mol. The first kappa shape index (κ1) is 12.5. The van der Waals surface area contributed by atoms with Gasteiger partial charge in [0, 0.05) is 17.8 Å². The van der Waals surface area contributed by atoms with Crippen molar-refractivity contribution in [2.24, 2.45) is 11.7 Å². The average molecular weight is 253 g/mol. The Morgan fingerprint density at radius 3 is 3.12 bits per heavy atom. The molecule has 3 N–H and O–H groups in total. The van der Waals surface area contributed by atoms with Gasteiger partial charge < -0.3 is 11.1 Å². The van der Waals surface area contributed by atoms with Gasteiger partial charge in [-0.2, -0.15) is 0 Å². The van der Waals surface area contributed by atoms with Crippen LogP contribution in [-0.2, 0) is 6.42 Å². The smallest absolute Gasteiger partial charge is 0.270 e. The van der Waals surface area contributed by atoms with Crippen molar-refractivity contribution in [3.63, 3.8) is 0 Å². The van der Waals surface area contributed by atoms with Crippen LogP contribution in [0.3, 0.4) is 0 Å². The Morgan fingerprint density at radius 1 is 1.71 bits per heavy atom. The summed E-state index contributed by atoms with van der Waals surface area (Å²) in [5.41, 5.74) is 5.98. The number of carbonyl (C=O) groups is 1. The molecule has 0 aromatic carbocycles. The summed E-state index contributed by atoms with van der Waals surface area (Å²) in [6.45, 7) is 2.63. The van der Waals surface area contributed by atoms with Crippen molar-refractivity contribution in [1.29, 1.82) is 0 Å². The molecule has 5 heteroatoms. The van der Waals surface area contributed by atoms with Crippen molar-refractivity contribution in [1.82, 2.24) is 10.3 Å². The van der Waals surface area contributed by atoms with Crippen molar-refractivity contribution < 1.29 is 4.79 Å². The average Bonchev–Trinajstić information content (AvgIpc) is 2.95. The van der Waals surface area contributed by atoms with E-state index in [2.05, 4.69) is 17.2 Å². The maximum Gasteiger partial charge on any atom is 0.270 e. The third-order valence-electron chi connectivity index (χ3n) is 2.90. The van der Waals surface area contributed by atoms with E-state index in [0.717, 1.165) is 23.8 Å². The molecule has 0 radical (unpaired) electrons. The van der Waals surface area contributed by atoms with Gasteiger partial charge in [-0.25, -0.2) is 4.98 Å². The summed E-state index contributed by atoms with van der Waals surface area (Å²) in [6, 6.07) is 0.245. The highest BCUT2D eigenvalue weighted by molar-refractivity contribution is 7.09. The predicted octanol–water partition coefficient (Wildman–Crippen LogP) is 1.56. The standard InChI is InChI=1S/C12H19N3OS/c1-8(6-9-2-3-9)14-12(16)10-7-17-11(15-10)4-5-13/h7-9H,2-6,13H2,1H3,(H,14,16). The number of carbonyl (C=O) groups excluding carboxylic acids is 1. The molecule has 2 rings (SSSR count). The molecule has 0 bridgehead atoms. The molecule has 0 aliphatic heterocycles. The van der Waals surface area contributed by atoms with E-state index in [1.165, 1.54) is 24.2 Å². The third-order valence-corrected chi connectivity index (χ3v) is 3.81. The molecule has 1 atom stereocenters. The van der Waals surface area contributed by atoms with Crippen LogP contribution in [0.5, 0.6) is 0 Å². The Balaban J connectivity index is 1.84. The zero-order chi connectivity index (χ0) is 12.3. The molecule has 94 valence electrons. The number of hydrogen-bond donors (Lipinski definition) is 2. The van der Waals surface area contributed by atoms with E-state index in [4.69, 9.17) is 5.73 Å². The van der Waals surface area contributed by atoms with Gasteiger partial charge in [0.05, 0.1) is 5.01 Å². The van der Waals surface area contributed by atoms with Crippen LogP contribution in [0.15, 0.2) is 5.38 Å². The van der Waals surface area contributed by atoms with Crippen molar-refractivity contribution in [3.8, 4) is 0 Å². The fourth-order valence-corrected chi connectivity index (χ4v) is 2.66. The highest BCUT2D eigenvalue weighted by Crippen LogP contribution is 2.33. The maximum absolute atomic E-state index is 11.9. The second-order valence-corrected chi connectivity index (χ2v) is 5.66. The Labute approximate surface area is 106 Å². The molecule has 1 saturated carbocycles. The van der Waals surface area contributed by atoms with Crippen molar-refractivity contribution in [2.45, 2.75) is 38.6 Å². The monoisotopic (exact) mass is 253 g/mol. The van der Waals surface area contributed by atoms with E-state index in [0.29, 0.717) is 12.2 Å². The number of nitrogens with two attached hydrogens (primary N) is 1. The van der Waals surface area contributed by atoms with Crippen molar-refractivity contribution >= 4 is 17.2 Å². The number of nitrogens with one attached hydrogen (secondary N) is 1. The van der Waals surface area contributed by atoms with E-state index < -0.39 is 0 Å². The lowest BCUT2D eigenvalue weighted by Crippen LogP contribution is -2.33. The summed E-state index contributed by atoms with van der Waals surface area (Å²) in [5.74, 6) is 0.770. The summed E-state index contributed by atoms with van der Waals surface area (Å²) >= 11 is 1.50. The molecule has 1 aliphatic carbocycles. The lowest BCUT2D eigenvalue weighted by molar-refractivity contribution is 0.0933. The Morgan fingerprint density at radius 2 is 2.47 bits per heavy atom. The van der Waals surface area contributed by atoms with Gasteiger partial charge in [-0.05, 0) is 25.8 Å². The lowest BCUT2D eigenvalue weighted by atomic mass is 10.1. The summed E-state index contributed by atoms with van der Waals surface area (Å²) in [6.07, 6.45) is 4.47. The molecule has 1 amide bonds. The molecule has 1 aliphatic rings. The van der Waals surface area contributed by atoms with Gasteiger partial charge in [-0.1, -0.05) is 12.8 Å². The number of amides is 1. The van der Waals surface area contributed by atoms with Gasteiger partial charge in [0.25, 0.3) is 5.91 Å². The summed E-state index contributed by atoms with van der Waals surface area (Å²) in [5, 5.41) is 5.74. The van der Waals surface area contributed by atoms with Crippen LogP contribution >= 0.6 is 11.3 Å². The van der Waals surface area contributed by atoms with Crippen LogP contribution in [-0.4, -0.2) is 23.5 Å². The quantitative estimate of drug-likeness (QED) is 0.808.